The highest BCUT2D eigenvalue weighted by atomic mass is 16.6. The van der Waals surface area contributed by atoms with Gasteiger partial charge in [0.05, 0.1) is 23.1 Å². The van der Waals surface area contributed by atoms with E-state index in [9.17, 15) is 4.79 Å². The van der Waals surface area contributed by atoms with Crippen LogP contribution in [0.4, 0.5) is 4.79 Å². The minimum atomic E-state index is -0.556. The van der Waals surface area contributed by atoms with Gasteiger partial charge in [0.1, 0.15) is 11.4 Å². The Hall–Kier alpha value is -2.32. The molecule has 1 saturated heterocycles. The van der Waals surface area contributed by atoms with E-state index in [1.807, 2.05) is 50.8 Å². The smallest absolute Gasteiger partial charge is 0.444 e. The van der Waals surface area contributed by atoms with Gasteiger partial charge in [-0.15, -0.1) is 0 Å². The number of piperidine rings is 1. The molecule has 1 amide bonds. The molecule has 0 spiro atoms. The van der Waals surface area contributed by atoms with Crippen molar-refractivity contribution in [3.05, 3.63) is 36.2 Å². The molecule has 7 nitrogen and oxygen atoms in total. The van der Waals surface area contributed by atoms with E-state index >= 15 is 0 Å². The molecule has 2 aliphatic rings. The highest BCUT2D eigenvalue weighted by Gasteiger charge is 2.59. The Labute approximate surface area is 197 Å². The third-order valence-corrected chi connectivity index (χ3v) is 6.55. The number of H-pyrrole nitrogens is 1. The number of aromatic nitrogens is 2. The molecule has 1 N–H and O–H groups in total. The molecule has 1 aliphatic carbocycles. The Morgan fingerprint density at radius 1 is 1.27 bits per heavy atom. The SMILES string of the molecule is C=C1[C@@H]2[C@H]1C[C@@H](c1nc3ccc(B(OCC)OC(C)(C)CC)cc3[nH]1)N2C(=O)OC(C)(C)C. The first-order chi connectivity index (χ1) is 15.4. The largest absolute Gasteiger partial charge is 0.494 e. The summed E-state index contributed by atoms with van der Waals surface area (Å²) >= 11 is 0. The second-order valence-electron chi connectivity index (χ2n) is 10.7. The third-order valence-electron chi connectivity index (χ3n) is 6.55. The van der Waals surface area contributed by atoms with Crippen LogP contribution in [0.15, 0.2) is 30.4 Å². The van der Waals surface area contributed by atoms with Gasteiger partial charge in [0.2, 0.25) is 0 Å². The van der Waals surface area contributed by atoms with Gasteiger partial charge in [0.25, 0.3) is 0 Å². The van der Waals surface area contributed by atoms with Crippen LogP contribution in [0.2, 0.25) is 0 Å². The van der Waals surface area contributed by atoms with E-state index in [1.165, 1.54) is 0 Å². The van der Waals surface area contributed by atoms with Crippen molar-refractivity contribution in [2.24, 2.45) is 5.92 Å². The summed E-state index contributed by atoms with van der Waals surface area (Å²) in [5.41, 5.74) is 2.93. The molecular formula is C25H36BN3O4. The number of ether oxygens (including phenoxy) is 1. The number of hydrogen-bond acceptors (Lipinski definition) is 5. The lowest BCUT2D eigenvalue weighted by Crippen LogP contribution is -2.43. The summed E-state index contributed by atoms with van der Waals surface area (Å²) in [6.45, 7) is 18.5. The van der Waals surface area contributed by atoms with Gasteiger partial charge < -0.3 is 19.0 Å². The number of nitrogens with one attached hydrogen (secondary N) is 1. The quantitative estimate of drug-likeness (QED) is 0.484. The molecule has 4 rings (SSSR count). The number of rotatable bonds is 7. The number of nitrogens with zero attached hydrogens (tertiary/aromatic N) is 2. The maximum atomic E-state index is 13.0. The number of aromatic amines is 1. The van der Waals surface area contributed by atoms with Gasteiger partial charge in [0.15, 0.2) is 0 Å². The number of likely N-dealkylation sites (tertiary alicyclic amines) is 1. The van der Waals surface area contributed by atoms with Crippen LogP contribution in [0.25, 0.3) is 11.0 Å². The summed E-state index contributed by atoms with van der Waals surface area (Å²) in [5.74, 6) is 1.09. The second-order valence-corrected chi connectivity index (χ2v) is 10.7. The molecule has 2 aromatic rings. The van der Waals surface area contributed by atoms with Crippen molar-refractivity contribution < 1.29 is 18.8 Å². The summed E-state index contributed by atoms with van der Waals surface area (Å²) in [6, 6.07) is 5.89. The molecule has 1 aromatic carbocycles. The molecule has 2 heterocycles. The number of carbonyl (C=O) groups is 1. The number of fused-ring (bicyclic) bond motifs is 2. The number of imidazole rings is 1. The van der Waals surface area contributed by atoms with Gasteiger partial charge in [-0.2, -0.15) is 0 Å². The summed E-state index contributed by atoms with van der Waals surface area (Å²) in [5, 5.41) is 0. The fourth-order valence-corrected chi connectivity index (χ4v) is 4.43. The van der Waals surface area contributed by atoms with E-state index in [2.05, 4.69) is 32.3 Å². The Balaban J connectivity index is 1.61. The van der Waals surface area contributed by atoms with Crippen molar-refractivity contribution in [2.75, 3.05) is 6.61 Å². The van der Waals surface area contributed by atoms with E-state index in [0.717, 1.165) is 40.7 Å². The van der Waals surface area contributed by atoms with Gasteiger partial charge in [-0.1, -0.05) is 19.6 Å². The maximum Gasteiger partial charge on any atom is 0.494 e. The number of benzene rings is 1. The van der Waals surface area contributed by atoms with Crippen molar-refractivity contribution in [2.45, 2.75) is 84.6 Å². The van der Waals surface area contributed by atoms with Gasteiger partial charge in [-0.25, -0.2) is 9.78 Å². The van der Waals surface area contributed by atoms with Crippen molar-refractivity contribution in [1.82, 2.24) is 14.9 Å². The fraction of sp³-hybridized carbons (Fsp3) is 0.600. The highest BCUT2D eigenvalue weighted by Crippen LogP contribution is 2.56. The van der Waals surface area contributed by atoms with Gasteiger partial charge in [0, 0.05) is 18.1 Å². The average molecular weight is 453 g/mol. The Morgan fingerprint density at radius 3 is 2.64 bits per heavy atom. The topological polar surface area (TPSA) is 76.7 Å². The Bertz CT molecular complexity index is 1060. The van der Waals surface area contributed by atoms with Gasteiger partial charge in [-0.05, 0) is 77.6 Å². The zero-order chi connectivity index (χ0) is 24.1. The molecule has 1 aliphatic heterocycles. The number of hydrogen-bond donors (Lipinski definition) is 1. The molecule has 178 valence electrons. The highest BCUT2D eigenvalue weighted by molar-refractivity contribution is 6.61. The molecule has 8 heteroatoms. The van der Waals surface area contributed by atoms with Crippen LogP contribution < -0.4 is 5.46 Å². The predicted molar refractivity (Wildman–Crippen MR) is 130 cm³/mol. The lowest BCUT2D eigenvalue weighted by Gasteiger charge is -2.29. The first-order valence-electron chi connectivity index (χ1n) is 11.9. The van der Waals surface area contributed by atoms with Gasteiger partial charge in [-0.3, -0.25) is 4.90 Å². The molecule has 0 radical (unpaired) electrons. The molecule has 1 aromatic heterocycles. The van der Waals surface area contributed by atoms with E-state index in [-0.39, 0.29) is 23.8 Å². The average Bonchev–Trinajstić information content (AvgIpc) is 3.10. The summed E-state index contributed by atoms with van der Waals surface area (Å²) in [6.07, 6.45) is 1.37. The van der Waals surface area contributed by atoms with Crippen LogP contribution in [0.1, 0.15) is 73.2 Å². The van der Waals surface area contributed by atoms with Crippen molar-refractivity contribution in [1.29, 1.82) is 0 Å². The minimum Gasteiger partial charge on any atom is -0.444 e. The second kappa shape index (κ2) is 8.47. The fourth-order valence-electron chi connectivity index (χ4n) is 4.43. The maximum absolute atomic E-state index is 13.0. The standard InChI is InChI=1S/C25H36BN3O4/c1-9-25(7,8)33-26(31-10-2)16-11-12-18-19(13-16)28-22(27-18)20-14-17-15(3)21(17)29(20)23(30)32-24(4,5)6/h11-13,17,20-21H,3,9-10,14H2,1-2,4-8H3,(H,27,28)/t17-,20-,21+/m0/s1. The van der Waals surface area contributed by atoms with E-state index in [0.29, 0.717) is 12.5 Å². The minimum absolute atomic E-state index is 0.0423. The predicted octanol–water partition coefficient (Wildman–Crippen LogP) is 4.74. The summed E-state index contributed by atoms with van der Waals surface area (Å²) in [4.78, 5) is 23.1. The van der Waals surface area contributed by atoms with E-state index in [4.69, 9.17) is 19.0 Å². The summed E-state index contributed by atoms with van der Waals surface area (Å²) < 4.78 is 17.9. The molecule has 0 bridgehead atoms. The number of carbonyl (C=O) groups excluding carboxylic acids is 1. The molecule has 0 unspecified atom stereocenters. The van der Waals surface area contributed by atoms with Crippen molar-refractivity contribution in [3.63, 3.8) is 0 Å². The number of amides is 1. The lowest BCUT2D eigenvalue weighted by molar-refractivity contribution is 0.0188. The molecule has 1 saturated carbocycles. The first-order valence-corrected chi connectivity index (χ1v) is 11.9. The van der Waals surface area contributed by atoms with Crippen LogP contribution in [-0.2, 0) is 14.0 Å². The molecule has 33 heavy (non-hydrogen) atoms. The molecular weight excluding hydrogens is 417 g/mol. The Kier molecular flexibility index (Phi) is 6.12. The first kappa shape index (κ1) is 23.8. The van der Waals surface area contributed by atoms with Crippen LogP contribution >= 0.6 is 0 Å². The van der Waals surface area contributed by atoms with Crippen molar-refractivity contribution in [3.8, 4) is 0 Å². The van der Waals surface area contributed by atoms with Crippen LogP contribution in [0.5, 0.6) is 0 Å². The Morgan fingerprint density at radius 2 is 2.00 bits per heavy atom. The molecule has 2 fully saturated rings. The van der Waals surface area contributed by atoms with Crippen LogP contribution in [-0.4, -0.2) is 51.9 Å². The third kappa shape index (κ3) is 4.82. The van der Waals surface area contributed by atoms with E-state index in [1.54, 1.807) is 0 Å². The zero-order valence-corrected chi connectivity index (χ0v) is 20.9. The van der Waals surface area contributed by atoms with Crippen LogP contribution in [0, 0.1) is 5.92 Å². The van der Waals surface area contributed by atoms with Crippen molar-refractivity contribution >= 4 is 29.7 Å². The van der Waals surface area contributed by atoms with E-state index < -0.39 is 12.7 Å². The summed E-state index contributed by atoms with van der Waals surface area (Å²) in [7, 11) is -0.457. The monoisotopic (exact) mass is 453 g/mol. The molecule has 3 atom stereocenters. The zero-order valence-electron chi connectivity index (χ0n) is 20.9. The normalized spacial score (nSPS) is 22.6. The van der Waals surface area contributed by atoms with Gasteiger partial charge >= 0.3 is 13.2 Å². The lowest BCUT2D eigenvalue weighted by atomic mass is 9.77. The van der Waals surface area contributed by atoms with Crippen LogP contribution in [0.3, 0.4) is 0 Å².